The smallest absolute Gasteiger partial charge is 0.203 e. The van der Waals surface area contributed by atoms with Crippen LogP contribution >= 0.6 is 0 Å². The normalized spacial score (nSPS) is 30.2. The maximum atomic E-state index is 9.90. The zero-order valence-corrected chi connectivity index (χ0v) is 13.3. The summed E-state index contributed by atoms with van der Waals surface area (Å²) in [5.41, 5.74) is 0.502. The molecule has 9 heteroatoms. The minimum Gasteiger partial charge on any atom is -0.504 e. The molecular weight excluding hydrogens is 324 g/mol. The minimum absolute atomic E-state index is 0.0867. The molecular formula is C15H22O9. The molecule has 0 bridgehead atoms. The number of benzene rings is 1. The SMILES string of the molecule is COc1cc(CO[C@@H]2O[C@H](CO)[C@@H](O)[C@H](O)[C@H]2O)cc(O)c1OC. The highest BCUT2D eigenvalue weighted by Crippen LogP contribution is 2.37. The van der Waals surface area contributed by atoms with Gasteiger partial charge in [0, 0.05) is 0 Å². The summed E-state index contributed by atoms with van der Waals surface area (Å²) in [5, 5.41) is 48.4. The van der Waals surface area contributed by atoms with Crippen LogP contribution < -0.4 is 9.47 Å². The Morgan fingerprint density at radius 1 is 1.04 bits per heavy atom. The molecule has 1 aliphatic rings. The van der Waals surface area contributed by atoms with E-state index in [1.54, 1.807) is 6.07 Å². The second-order valence-electron chi connectivity index (χ2n) is 5.36. The lowest BCUT2D eigenvalue weighted by molar-refractivity contribution is -0.304. The molecule has 0 spiro atoms. The van der Waals surface area contributed by atoms with Gasteiger partial charge in [-0.3, -0.25) is 0 Å². The molecule has 136 valence electrons. The number of phenols is 1. The predicted octanol–water partition coefficient (Wildman–Crippen LogP) is -1.27. The van der Waals surface area contributed by atoms with Crippen LogP contribution in [-0.4, -0.2) is 77.1 Å². The predicted molar refractivity (Wildman–Crippen MR) is 79.8 cm³/mol. The summed E-state index contributed by atoms with van der Waals surface area (Å²) in [5.74, 6) is 0.322. The molecule has 0 aliphatic carbocycles. The van der Waals surface area contributed by atoms with Crippen molar-refractivity contribution in [3.05, 3.63) is 17.7 Å². The van der Waals surface area contributed by atoms with Gasteiger partial charge >= 0.3 is 0 Å². The van der Waals surface area contributed by atoms with E-state index in [2.05, 4.69) is 0 Å². The molecule has 1 aliphatic heterocycles. The van der Waals surface area contributed by atoms with Gasteiger partial charge in [-0.25, -0.2) is 0 Å². The molecule has 5 N–H and O–H groups in total. The maximum Gasteiger partial charge on any atom is 0.203 e. The second-order valence-corrected chi connectivity index (χ2v) is 5.36. The van der Waals surface area contributed by atoms with Crippen LogP contribution in [0.2, 0.25) is 0 Å². The van der Waals surface area contributed by atoms with Gasteiger partial charge in [0.15, 0.2) is 17.8 Å². The lowest BCUT2D eigenvalue weighted by atomic mass is 9.99. The molecule has 24 heavy (non-hydrogen) atoms. The summed E-state index contributed by atoms with van der Waals surface area (Å²) in [6.45, 7) is -0.626. The number of aliphatic hydroxyl groups excluding tert-OH is 4. The summed E-state index contributed by atoms with van der Waals surface area (Å²) in [6, 6.07) is 2.97. The Hall–Kier alpha value is -1.62. The van der Waals surface area contributed by atoms with E-state index in [0.717, 1.165) is 0 Å². The van der Waals surface area contributed by atoms with Gasteiger partial charge in [-0.05, 0) is 17.7 Å². The fraction of sp³-hybridized carbons (Fsp3) is 0.600. The zero-order chi connectivity index (χ0) is 17.9. The first-order valence-electron chi connectivity index (χ1n) is 7.28. The molecule has 2 rings (SSSR count). The Morgan fingerprint density at radius 3 is 2.33 bits per heavy atom. The molecule has 1 heterocycles. The average Bonchev–Trinajstić information content (AvgIpc) is 2.58. The molecule has 1 aromatic carbocycles. The van der Waals surface area contributed by atoms with Crippen molar-refractivity contribution in [1.82, 2.24) is 0 Å². The third kappa shape index (κ3) is 3.72. The van der Waals surface area contributed by atoms with Gasteiger partial charge in [0.2, 0.25) is 5.75 Å². The Bertz CT molecular complexity index is 548. The van der Waals surface area contributed by atoms with E-state index in [1.165, 1.54) is 20.3 Å². The van der Waals surface area contributed by atoms with Crippen LogP contribution in [0.3, 0.4) is 0 Å². The lowest BCUT2D eigenvalue weighted by Gasteiger charge is -2.39. The van der Waals surface area contributed by atoms with Gasteiger partial charge < -0.3 is 44.5 Å². The van der Waals surface area contributed by atoms with Crippen molar-refractivity contribution in [2.45, 2.75) is 37.3 Å². The highest BCUT2D eigenvalue weighted by atomic mass is 16.7. The monoisotopic (exact) mass is 346 g/mol. The Morgan fingerprint density at radius 2 is 1.75 bits per heavy atom. The van der Waals surface area contributed by atoms with Crippen LogP contribution in [0.1, 0.15) is 5.56 Å². The van der Waals surface area contributed by atoms with E-state index in [0.29, 0.717) is 11.3 Å². The fourth-order valence-corrected chi connectivity index (χ4v) is 2.47. The van der Waals surface area contributed by atoms with Crippen LogP contribution in [0, 0.1) is 0 Å². The van der Waals surface area contributed by atoms with Crippen LogP contribution in [0.25, 0.3) is 0 Å². The molecule has 5 atom stereocenters. The van der Waals surface area contributed by atoms with E-state index in [-0.39, 0.29) is 18.1 Å². The number of aromatic hydroxyl groups is 1. The first kappa shape index (κ1) is 18.7. The van der Waals surface area contributed by atoms with Crippen LogP contribution in [0.15, 0.2) is 12.1 Å². The van der Waals surface area contributed by atoms with Crippen LogP contribution in [0.4, 0.5) is 0 Å². The zero-order valence-electron chi connectivity index (χ0n) is 13.3. The lowest BCUT2D eigenvalue weighted by Crippen LogP contribution is -2.59. The molecule has 0 amide bonds. The van der Waals surface area contributed by atoms with Crippen molar-refractivity contribution in [3.8, 4) is 17.2 Å². The molecule has 0 unspecified atom stereocenters. The van der Waals surface area contributed by atoms with Gasteiger partial charge in [-0.15, -0.1) is 0 Å². The van der Waals surface area contributed by atoms with Crippen molar-refractivity contribution in [1.29, 1.82) is 0 Å². The van der Waals surface area contributed by atoms with E-state index >= 15 is 0 Å². The van der Waals surface area contributed by atoms with Gasteiger partial charge in [0.25, 0.3) is 0 Å². The van der Waals surface area contributed by atoms with Gasteiger partial charge in [0.1, 0.15) is 24.4 Å². The molecule has 1 aromatic rings. The van der Waals surface area contributed by atoms with E-state index in [9.17, 15) is 20.4 Å². The van der Waals surface area contributed by atoms with Gasteiger partial charge in [-0.2, -0.15) is 0 Å². The fourth-order valence-electron chi connectivity index (χ4n) is 2.47. The van der Waals surface area contributed by atoms with Crippen molar-refractivity contribution in [2.24, 2.45) is 0 Å². The molecule has 9 nitrogen and oxygen atoms in total. The summed E-state index contributed by atoms with van der Waals surface area (Å²) in [4.78, 5) is 0. The summed E-state index contributed by atoms with van der Waals surface area (Å²) in [6.07, 6.45) is -6.76. The topological polar surface area (TPSA) is 138 Å². The highest BCUT2D eigenvalue weighted by Gasteiger charge is 2.44. The first-order valence-corrected chi connectivity index (χ1v) is 7.28. The molecule has 1 fully saturated rings. The minimum atomic E-state index is -1.51. The van der Waals surface area contributed by atoms with Crippen molar-refractivity contribution in [2.75, 3.05) is 20.8 Å². The van der Waals surface area contributed by atoms with E-state index < -0.39 is 37.3 Å². The molecule has 0 aromatic heterocycles. The number of phenolic OH excluding ortho intramolecular Hbond substituents is 1. The Labute approximate surface area is 138 Å². The maximum absolute atomic E-state index is 9.90. The number of methoxy groups -OCH3 is 2. The number of rotatable bonds is 6. The van der Waals surface area contributed by atoms with Crippen molar-refractivity contribution in [3.63, 3.8) is 0 Å². The third-order valence-electron chi connectivity index (χ3n) is 3.78. The second kappa shape index (κ2) is 7.97. The Balaban J connectivity index is 2.08. The quantitative estimate of drug-likeness (QED) is 0.426. The van der Waals surface area contributed by atoms with Gasteiger partial charge in [0.05, 0.1) is 27.4 Å². The first-order chi connectivity index (χ1) is 11.4. The summed E-state index contributed by atoms with van der Waals surface area (Å²) >= 11 is 0. The van der Waals surface area contributed by atoms with Crippen molar-refractivity contribution < 1.29 is 44.5 Å². The van der Waals surface area contributed by atoms with Crippen LogP contribution in [0.5, 0.6) is 17.2 Å². The van der Waals surface area contributed by atoms with E-state index in [4.69, 9.17) is 24.1 Å². The van der Waals surface area contributed by atoms with E-state index in [1.807, 2.05) is 0 Å². The number of hydrogen-bond donors (Lipinski definition) is 5. The number of ether oxygens (including phenoxy) is 4. The van der Waals surface area contributed by atoms with Crippen molar-refractivity contribution >= 4 is 0 Å². The number of hydrogen-bond acceptors (Lipinski definition) is 9. The standard InChI is InChI=1S/C15H22O9/c1-21-9-4-7(3-8(17)14(9)22-2)6-23-15-13(20)12(19)11(18)10(5-16)24-15/h3-4,10-13,15-20H,5-6H2,1-2H3/t10-,11-,12+,13-,15-/m1/s1. The number of aliphatic hydroxyl groups is 4. The highest BCUT2D eigenvalue weighted by molar-refractivity contribution is 5.52. The largest absolute Gasteiger partial charge is 0.504 e. The summed E-state index contributed by atoms with van der Waals surface area (Å²) in [7, 11) is 2.81. The molecule has 1 saturated heterocycles. The van der Waals surface area contributed by atoms with Gasteiger partial charge in [-0.1, -0.05) is 0 Å². The Kier molecular flexibility index (Phi) is 6.21. The average molecular weight is 346 g/mol. The third-order valence-corrected chi connectivity index (χ3v) is 3.78. The van der Waals surface area contributed by atoms with Crippen LogP contribution in [-0.2, 0) is 16.1 Å². The molecule has 0 saturated carbocycles. The summed E-state index contributed by atoms with van der Waals surface area (Å²) < 4.78 is 20.8. The molecule has 0 radical (unpaired) electrons.